The summed E-state index contributed by atoms with van der Waals surface area (Å²) in [7, 11) is 0. The zero-order valence-corrected chi connectivity index (χ0v) is 13.1. The van der Waals surface area contributed by atoms with Gasteiger partial charge in [0.1, 0.15) is 5.75 Å². The monoisotopic (exact) mass is 326 g/mol. The molecule has 6 heteroatoms. The van der Waals surface area contributed by atoms with Crippen molar-refractivity contribution in [1.82, 2.24) is 10.2 Å². The van der Waals surface area contributed by atoms with E-state index in [1.807, 2.05) is 35.7 Å². The fourth-order valence-corrected chi connectivity index (χ4v) is 3.27. The lowest BCUT2D eigenvalue weighted by atomic mass is 10.1. The lowest BCUT2D eigenvalue weighted by Gasteiger charge is -2.00. The van der Waals surface area contributed by atoms with Crippen molar-refractivity contribution in [3.05, 3.63) is 52.0 Å². The molecule has 0 unspecified atom stereocenters. The van der Waals surface area contributed by atoms with Crippen molar-refractivity contribution in [2.75, 3.05) is 6.61 Å². The molecule has 0 aliphatic carbocycles. The average Bonchev–Trinajstić information content (AvgIpc) is 3.32. The Morgan fingerprint density at radius 1 is 1.26 bits per heavy atom. The first-order valence-corrected chi connectivity index (χ1v) is 8.33. The second kappa shape index (κ2) is 5.96. The lowest BCUT2D eigenvalue weighted by Crippen LogP contribution is -1.98. The number of ether oxygens (including phenoxy) is 1. The molecule has 0 bridgehead atoms. The fourth-order valence-electron chi connectivity index (χ4n) is 2.57. The third kappa shape index (κ3) is 2.90. The number of hydrogen-bond acceptors (Lipinski definition) is 6. The van der Waals surface area contributed by atoms with E-state index >= 15 is 0 Å². The Morgan fingerprint density at radius 3 is 3.09 bits per heavy atom. The average molecular weight is 326 g/mol. The van der Waals surface area contributed by atoms with Crippen molar-refractivity contribution < 1.29 is 13.9 Å². The minimum Gasteiger partial charge on any atom is -0.493 e. The molecule has 3 aromatic rings. The van der Waals surface area contributed by atoms with E-state index < -0.39 is 0 Å². The van der Waals surface area contributed by atoms with E-state index in [4.69, 9.17) is 9.15 Å². The molecule has 0 fully saturated rings. The zero-order valence-electron chi connectivity index (χ0n) is 12.3. The van der Waals surface area contributed by atoms with E-state index in [1.54, 1.807) is 0 Å². The van der Waals surface area contributed by atoms with Crippen molar-refractivity contribution in [2.24, 2.45) is 0 Å². The molecule has 23 heavy (non-hydrogen) atoms. The second-order valence-corrected chi connectivity index (χ2v) is 6.27. The van der Waals surface area contributed by atoms with Gasteiger partial charge in [-0.1, -0.05) is 6.07 Å². The van der Waals surface area contributed by atoms with Gasteiger partial charge in [0.05, 0.1) is 11.5 Å². The van der Waals surface area contributed by atoms with Gasteiger partial charge < -0.3 is 9.15 Å². The number of benzene rings is 1. The third-order valence-corrected chi connectivity index (χ3v) is 4.68. The first-order valence-electron chi connectivity index (χ1n) is 7.45. The molecule has 4 rings (SSSR count). The SMILES string of the molecule is O=C(CCc1nnc(-c2ccc3c(c2)CCO3)o1)c1cccs1. The summed E-state index contributed by atoms with van der Waals surface area (Å²) in [6.45, 7) is 0.721. The molecule has 0 amide bonds. The number of thiophene rings is 1. The Morgan fingerprint density at radius 2 is 2.22 bits per heavy atom. The van der Waals surface area contributed by atoms with Crippen LogP contribution in [-0.4, -0.2) is 22.6 Å². The third-order valence-electron chi connectivity index (χ3n) is 3.77. The Kier molecular flexibility index (Phi) is 3.67. The van der Waals surface area contributed by atoms with Crippen molar-refractivity contribution >= 4 is 17.1 Å². The van der Waals surface area contributed by atoms with Crippen LogP contribution >= 0.6 is 11.3 Å². The minimum atomic E-state index is 0.106. The van der Waals surface area contributed by atoms with E-state index in [-0.39, 0.29) is 5.78 Å². The van der Waals surface area contributed by atoms with Gasteiger partial charge in [-0.05, 0) is 35.2 Å². The Balaban J connectivity index is 1.45. The number of rotatable bonds is 5. The number of Topliss-reactive ketones (excluding diaryl/α,β-unsaturated/α-hetero) is 1. The highest BCUT2D eigenvalue weighted by molar-refractivity contribution is 7.12. The van der Waals surface area contributed by atoms with Gasteiger partial charge in [0.15, 0.2) is 5.78 Å². The summed E-state index contributed by atoms with van der Waals surface area (Å²) in [4.78, 5) is 12.8. The number of aromatic nitrogens is 2. The zero-order chi connectivity index (χ0) is 15.6. The molecule has 3 heterocycles. The summed E-state index contributed by atoms with van der Waals surface area (Å²) in [5.41, 5.74) is 2.05. The highest BCUT2D eigenvalue weighted by Gasteiger charge is 2.16. The van der Waals surface area contributed by atoms with Crippen LogP contribution in [0.1, 0.15) is 27.5 Å². The standard InChI is InChI=1S/C17H14N2O3S/c20-13(15-2-1-9-23-15)4-6-16-18-19-17(22-16)12-3-5-14-11(10-12)7-8-21-14/h1-3,5,9-10H,4,6-8H2. The number of fused-ring (bicyclic) bond motifs is 1. The number of carbonyl (C=O) groups excluding carboxylic acids is 1. The van der Waals surface area contributed by atoms with Crippen LogP contribution in [0, 0.1) is 0 Å². The highest BCUT2D eigenvalue weighted by Crippen LogP contribution is 2.30. The smallest absolute Gasteiger partial charge is 0.247 e. The van der Waals surface area contributed by atoms with E-state index in [2.05, 4.69) is 10.2 Å². The Hall–Kier alpha value is -2.47. The first kappa shape index (κ1) is 14.1. The molecule has 0 N–H and O–H groups in total. The number of hydrogen-bond donors (Lipinski definition) is 0. The van der Waals surface area contributed by atoms with Crippen LogP contribution in [-0.2, 0) is 12.8 Å². The molecular formula is C17H14N2O3S. The van der Waals surface area contributed by atoms with Crippen LogP contribution in [0.2, 0.25) is 0 Å². The molecule has 2 aromatic heterocycles. The summed E-state index contributed by atoms with van der Waals surface area (Å²) in [5, 5.41) is 10.0. The summed E-state index contributed by atoms with van der Waals surface area (Å²) in [6, 6.07) is 9.58. The predicted octanol–water partition coefficient (Wildman–Crippen LogP) is 3.55. The van der Waals surface area contributed by atoms with Crippen LogP contribution < -0.4 is 4.74 Å². The second-order valence-electron chi connectivity index (χ2n) is 5.32. The van der Waals surface area contributed by atoms with Crippen LogP contribution in [0.25, 0.3) is 11.5 Å². The number of carbonyl (C=O) groups is 1. The Labute approximate surface area is 136 Å². The predicted molar refractivity (Wildman–Crippen MR) is 85.9 cm³/mol. The molecule has 0 atom stereocenters. The van der Waals surface area contributed by atoms with Gasteiger partial charge in [-0.2, -0.15) is 0 Å². The minimum absolute atomic E-state index is 0.106. The summed E-state index contributed by atoms with van der Waals surface area (Å²) in [5.74, 6) is 2.00. The normalized spacial score (nSPS) is 12.9. The van der Waals surface area contributed by atoms with Gasteiger partial charge in [0.25, 0.3) is 0 Å². The molecule has 0 spiro atoms. The van der Waals surface area contributed by atoms with E-state index in [0.29, 0.717) is 24.6 Å². The maximum atomic E-state index is 12.0. The molecule has 0 saturated carbocycles. The molecular weight excluding hydrogens is 312 g/mol. The summed E-state index contributed by atoms with van der Waals surface area (Å²) >= 11 is 1.45. The fraction of sp³-hybridized carbons (Fsp3) is 0.235. The van der Waals surface area contributed by atoms with E-state index in [1.165, 1.54) is 11.3 Å². The molecule has 5 nitrogen and oxygen atoms in total. The number of nitrogens with zero attached hydrogens (tertiary/aromatic N) is 2. The Bertz CT molecular complexity index is 839. The van der Waals surface area contributed by atoms with E-state index in [9.17, 15) is 4.79 Å². The maximum Gasteiger partial charge on any atom is 0.247 e. The quantitative estimate of drug-likeness (QED) is 0.671. The van der Waals surface area contributed by atoms with Crippen LogP contribution in [0.15, 0.2) is 40.1 Å². The van der Waals surface area contributed by atoms with Gasteiger partial charge in [0.2, 0.25) is 11.8 Å². The molecule has 0 saturated heterocycles. The molecule has 1 aliphatic heterocycles. The van der Waals surface area contributed by atoms with Gasteiger partial charge in [-0.15, -0.1) is 21.5 Å². The van der Waals surface area contributed by atoms with Crippen molar-refractivity contribution in [3.8, 4) is 17.2 Å². The molecule has 1 aliphatic rings. The topological polar surface area (TPSA) is 65.2 Å². The first-order chi connectivity index (χ1) is 11.3. The largest absolute Gasteiger partial charge is 0.493 e. The summed E-state index contributed by atoms with van der Waals surface area (Å²) in [6.07, 6.45) is 1.73. The van der Waals surface area contributed by atoms with Crippen LogP contribution in [0.5, 0.6) is 5.75 Å². The van der Waals surface area contributed by atoms with Gasteiger partial charge >= 0.3 is 0 Å². The molecule has 116 valence electrons. The van der Waals surface area contributed by atoms with Gasteiger partial charge in [-0.3, -0.25) is 4.79 Å². The maximum absolute atomic E-state index is 12.0. The molecule has 0 radical (unpaired) electrons. The molecule has 1 aromatic carbocycles. The number of aryl methyl sites for hydroxylation is 1. The van der Waals surface area contributed by atoms with Crippen LogP contribution in [0.4, 0.5) is 0 Å². The highest BCUT2D eigenvalue weighted by atomic mass is 32.1. The lowest BCUT2D eigenvalue weighted by molar-refractivity contribution is 0.0984. The van der Waals surface area contributed by atoms with E-state index in [0.717, 1.165) is 34.8 Å². The van der Waals surface area contributed by atoms with Gasteiger partial charge in [0, 0.05) is 24.8 Å². The number of ketones is 1. The van der Waals surface area contributed by atoms with Gasteiger partial charge in [-0.25, -0.2) is 0 Å². The summed E-state index contributed by atoms with van der Waals surface area (Å²) < 4.78 is 11.2. The van der Waals surface area contributed by atoms with Crippen molar-refractivity contribution in [2.45, 2.75) is 19.3 Å². The van der Waals surface area contributed by atoms with Crippen molar-refractivity contribution in [1.29, 1.82) is 0 Å². The van der Waals surface area contributed by atoms with Crippen LogP contribution in [0.3, 0.4) is 0 Å². The van der Waals surface area contributed by atoms with Crippen molar-refractivity contribution in [3.63, 3.8) is 0 Å².